The summed E-state index contributed by atoms with van der Waals surface area (Å²) in [5, 5.41) is 3.16. The highest BCUT2D eigenvalue weighted by Gasteiger charge is 2.26. The Hall–Kier alpha value is -3.39. The normalized spacial score (nSPS) is 10.6. The number of rotatable bonds is 8. The van der Waals surface area contributed by atoms with E-state index in [-0.39, 0.29) is 18.0 Å². The summed E-state index contributed by atoms with van der Waals surface area (Å²) in [6.07, 6.45) is 0.840. The molecule has 0 atom stereocenters. The van der Waals surface area contributed by atoms with Crippen molar-refractivity contribution in [1.29, 1.82) is 0 Å². The van der Waals surface area contributed by atoms with Crippen molar-refractivity contribution < 1.29 is 23.5 Å². The molecule has 0 aliphatic rings. The molecule has 2 aromatic carbocycles. The van der Waals surface area contributed by atoms with Crippen LogP contribution in [0.2, 0.25) is 0 Å². The highest BCUT2D eigenvalue weighted by molar-refractivity contribution is 7.17. The number of thiophene rings is 1. The zero-order valence-corrected chi connectivity index (χ0v) is 19.0. The molecule has 0 fully saturated rings. The maximum absolute atomic E-state index is 13.4. The lowest BCUT2D eigenvalue weighted by molar-refractivity contribution is 0.0529. The van der Waals surface area contributed by atoms with E-state index in [9.17, 15) is 14.0 Å². The van der Waals surface area contributed by atoms with Crippen LogP contribution in [0, 0.1) is 12.7 Å². The van der Waals surface area contributed by atoms with E-state index in [1.807, 2.05) is 13.8 Å². The molecule has 0 radical (unpaired) electrons. The van der Waals surface area contributed by atoms with E-state index in [4.69, 9.17) is 15.2 Å². The van der Waals surface area contributed by atoms with Crippen molar-refractivity contribution in [2.45, 2.75) is 27.2 Å². The van der Waals surface area contributed by atoms with Crippen molar-refractivity contribution in [3.8, 4) is 16.9 Å². The van der Waals surface area contributed by atoms with E-state index in [0.29, 0.717) is 39.7 Å². The molecule has 3 rings (SSSR count). The van der Waals surface area contributed by atoms with E-state index >= 15 is 0 Å². The molecule has 0 aliphatic heterocycles. The smallest absolute Gasteiger partial charge is 0.341 e. The van der Waals surface area contributed by atoms with Crippen LogP contribution >= 0.6 is 11.3 Å². The predicted molar refractivity (Wildman–Crippen MR) is 125 cm³/mol. The van der Waals surface area contributed by atoms with Gasteiger partial charge in [-0.25, -0.2) is 9.18 Å². The number of hydrogen-bond donors (Lipinski definition) is 2. The molecule has 168 valence electrons. The highest BCUT2D eigenvalue weighted by Crippen LogP contribution is 2.40. The van der Waals surface area contributed by atoms with Crippen LogP contribution in [0.3, 0.4) is 0 Å². The fraction of sp³-hybridized carbons (Fsp3) is 0.250. The molecule has 0 bridgehead atoms. The Labute approximate surface area is 190 Å². The molecule has 0 saturated carbocycles. The Balaban J connectivity index is 1.96. The summed E-state index contributed by atoms with van der Waals surface area (Å²) in [6, 6.07) is 10.6. The third-order valence-electron chi connectivity index (χ3n) is 4.66. The summed E-state index contributed by atoms with van der Waals surface area (Å²) in [6.45, 7) is 6.23. The molecule has 32 heavy (non-hydrogen) atoms. The number of carbonyl (C=O) groups excluding carboxylic acids is 2. The van der Waals surface area contributed by atoms with Crippen molar-refractivity contribution in [3.05, 3.63) is 64.3 Å². The van der Waals surface area contributed by atoms with Crippen LogP contribution < -0.4 is 15.8 Å². The number of carbonyl (C=O) groups is 2. The van der Waals surface area contributed by atoms with Gasteiger partial charge in [0.25, 0.3) is 5.91 Å². The monoisotopic (exact) mass is 456 g/mol. The van der Waals surface area contributed by atoms with Gasteiger partial charge in [-0.15, -0.1) is 11.3 Å². The van der Waals surface area contributed by atoms with E-state index in [1.54, 1.807) is 31.2 Å². The lowest BCUT2D eigenvalue weighted by atomic mass is 10.0. The molecule has 0 saturated heterocycles. The van der Waals surface area contributed by atoms with Gasteiger partial charge in [0.15, 0.2) is 0 Å². The van der Waals surface area contributed by atoms with Gasteiger partial charge in [-0.2, -0.15) is 0 Å². The Morgan fingerprint density at radius 2 is 1.84 bits per heavy atom. The summed E-state index contributed by atoms with van der Waals surface area (Å²) >= 11 is 1.25. The zero-order valence-electron chi connectivity index (χ0n) is 18.2. The number of benzene rings is 2. The predicted octanol–water partition coefficient (Wildman–Crippen LogP) is 5.66. The van der Waals surface area contributed by atoms with Gasteiger partial charge in [0.05, 0.1) is 18.9 Å². The lowest BCUT2D eigenvalue weighted by Gasteiger charge is -2.11. The second-order valence-electron chi connectivity index (χ2n) is 7.02. The number of aryl methyl sites for hydroxylation is 1. The largest absolute Gasteiger partial charge is 0.491 e. The van der Waals surface area contributed by atoms with Crippen LogP contribution in [0.5, 0.6) is 5.75 Å². The molecule has 6 nitrogen and oxygen atoms in total. The Morgan fingerprint density at radius 1 is 1.12 bits per heavy atom. The molecule has 8 heteroatoms. The second kappa shape index (κ2) is 10.3. The van der Waals surface area contributed by atoms with Gasteiger partial charge in [-0.05, 0) is 56.2 Å². The third kappa shape index (κ3) is 5.08. The molecule has 0 aliphatic carbocycles. The number of anilines is 2. The van der Waals surface area contributed by atoms with Crippen molar-refractivity contribution >= 4 is 33.9 Å². The number of nitrogen functional groups attached to an aromatic ring is 1. The number of nitrogens with two attached hydrogens (primary N) is 1. The molecule has 3 aromatic rings. The Bertz CT molecular complexity index is 1130. The van der Waals surface area contributed by atoms with E-state index in [2.05, 4.69) is 5.32 Å². The number of hydrogen-bond acceptors (Lipinski definition) is 6. The first-order chi connectivity index (χ1) is 15.3. The molecule has 0 spiro atoms. The highest BCUT2D eigenvalue weighted by atomic mass is 32.1. The fourth-order valence-corrected chi connectivity index (χ4v) is 4.26. The van der Waals surface area contributed by atoms with Gasteiger partial charge in [-0.1, -0.05) is 19.1 Å². The van der Waals surface area contributed by atoms with E-state index in [0.717, 1.165) is 11.3 Å². The molecule has 1 amide bonds. The third-order valence-corrected chi connectivity index (χ3v) is 5.68. The summed E-state index contributed by atoms with van der Waals surface area (Å²) in [7, 11) is 0. The number of ether oxygens (including phenoxy) is 2. The molecule has 1 aromatic heterocycles. The van der Waals surface area contributed by atoms with E-state index in [1.165, 1.54) is 29.5 Å². The lowest BCUT2D eigenvalue weighted by Crippen LogP contribution is -2.15. The SMILES string of the molecule is CCCOc1ccc(C(=O)Nc2sc(C)c(-c3ccc(F)cc3)c2C(=O)OCC)cc1N. The molecular weight excluding hydrogens is 431 g/mol. The van der Waals surface area contributed by atoms with Crippen LogP contribution in [-0.4, -0.2) is 25.1 Å². The fourth-order valence-electron chi connectivity index (χ4n) is 3.20. The first kappa shape index (κ1) is 23.3. The minimum absolute atomic E-state index is 0.180. The quantitative estimate of drug-likeness (QED) is 0.337. The Morgan fingerprint density at radius 3 is 2.47 bits per heavy atom. The van der Waals surface area contributed by atoms with Crippen LogP contribution in [0.1, 0.15) is 45.9 Å². The first-order valence-electron chi connectivity index (χ1n) is 10.3. The number of esters is 1. The number of nitrogens with one attached hydrogen (secondary N) is 1. The molecule has 1 heterocycles. The number of halogens is 1. The van der Waals surface area contributed by atoms with Crippen molar-refractivity contribution in [1.82, 2.24) is 0 Å². The summed E-state index contributed by atoms with van der Waals surface area (Å²) < 4.78 is 24.2. The average molecular weight is 457 g/mol. The minimum atomic E-state index is -0.561. The molecular formula is C24H25FN2O4S. The summed E-state index contributed by atoms with van der Waals surface area (Å²) in [4.78, 5) is 26.5. The Kier molecular flexibility index (Phi) is 7.48. The maximum Gasteiger partial charge on any atom is 0.341 e. The number of amides is 1. The molecule has 0 unspecified atom stereocenters. The van der Waals surface area contributed by atoms with Gasteiger partial charge in [0.1, 0.15) is 22.1 Å². The van der Waals surface area contributed by atoms with Gasteiger partial charge in [0, 0.05) is 16.0 Å². The maximum atomic E-state index is 13.4. The van der Waals surface area contributed by atoms with Gasteiger partial charge in [-0.3, -0.25) is 4.79 Å². The van der Waals surface area contributed by atoms with Crippen molar-refractivity contribution in [2.75, 3.05) is 24.3 Å². The van der Waals surface area contributed by atoms with Crippen molar-refractivity contribution in [3.63, 3.8) is 0 Å². The minimum Gasteiger partial charge on any atom is -0.491 e. The van der Waals surface area contributed by atoms with Crippen LogP contribution in [0.15, 0.2) is 42.5 Å². The topological polar surface area (TPSA) is 90.6 Å². The average Bonchev–Trinajstić information content (AvgIpc) is 3.09. The summed E-state index contributed by atoms with van der Waals surface area (Å²) in [5.74, 6) is -0.844. The van der Waals surface area contributed by atoms with E-state index < -0.39 is 11.9 Å². The first-order valence-corrected chi connectivity index (χ1v) is 11.1. The molecule has 3 N–H and O–H groups in total. The van der Waals surface area contributed by atoms with Crippen molar-refractivity contribution in [2.24, 2.45) is 0 Å². The second-order valence-corrected chi connectivity index (χ2v) is 8.24. The van der Waals surface area contributed by atoms with Crippen LogP contribution in [0.4, 0.5) is 15.1 Å². The summed E-state index contributed by atoms with van der Waals surface area (Å²) in [5.41, 5.74) is 8.20. The van der Waals surface area contributed by atoms with Gasteiger partial charge < -0.3 is 20.5 Å². The van der Waals surface area contributed by atoms with Crippen LogP contribution in [-0.2, 0) is 4.74 Å². The standard InChI is InChI=1S/C24H25FN2O4S/c1-4-12-31-19-11-8-16(13-18(19)26)22(28)27-23-21(24(29)30-5-2)20(14(3)32-23)15-6-9-17(25)10-7-15/h6-11,13H,4-5,12,26H2,1-3H3,(H,27,28). The van der Waals surface area contributed by atoms with Crippen LogP contribution in [0.25, 0.3) is 11.1 Å². The van der Waals surface area contributed by atoms with Gasteiger partial charge in [0.2, 0.25) is 0 Å². The zero-order chi connectivity index (χ0) is 23.3. The van der Waals surface area contributed by atoms with Gasteiger partial charge >= 0.3 is 5.97 Å².